The first-order valence-corrected chi connectivity index (χ1v) is 6.84. The maximum absolute atomic E-state index is 11.8. The van der Waals surface area contributed by atoms with Crippen molar-refractivity contribution >= 4 is 11.8 Å². The van der Waals surface area contributed by atoms with Crippen LogP contribution in [0, 0.1) is 0 Å². The van der Waals surface area contributed by atoms with Crippen LogP contribution in [0.5, 0.6) is 11.5 Å². The highest BCUT2D eigenvalue weighted by Crippen LogP contribution is 2.27. The molecule has 0 heterocycles. The summed E-state index contributed by atoms with van der Waals surface area (Å²) in [5.74, 6) is 0.668. The van der Waals surface area contributed by atoms with Crippen LogP contribution in [0.2, 0.25) is 0 Å². The third-order valence-corrected chi connectivity index (χ3v) is 2.89. The van der Waals surface area contributed by atoms with Crippen LogP contribution in [0.25, 0.3) is 0 Å². The number of hydrogen-bond acceptors (Lipinski definition) is 5. The van der Waals surface area contributed by atoms with Gasteiger partial charge in [0.2, 0.25) is 11.8 Å². The number of methoxy groups -OCH3 is 3. The first kappa shape index (κ1) is 17.8. The number of carbonyl (C=O) groups is 2. The smallest absolute Gasteiger partial charge is 0.239 e. The van der Waals surface area contributed by atoms with E-state index in [1.807, 2.05) is 0 Å². The minimum Gasteiger partial charge on any atom is -0.493 e. The van der Waals surface area contributed by atoms with Gasteiger partial charge in [0, 0.05) is 13.7 Å². The number of nitrogens with one attached hydrogen (secondary N) is 2. The van der Waals surface area contributed by atoms with Gasteiger partial charge in [-0.25, -0.2) is 0 Å². The van der Waals surface area contributed by atoms with Crippen molar-refractivity contribution in [2.24, 2.45) is 0 Å². The summed E-state index contributed by atoms with van der Waals surface area (Å²) in [5.41, 5.74) is 0.773. The van der Waals surface area contributed by atoms with Crippen molar-refractivity contribution in [3.63, 3.8) is 0 Å². The van der Waals surface area contributed by atoms with Gasteiger partial charge in [-0.3, -0.25) is 9.59 Å². The molecule has 1 aromatic rings. The van der Waals surface area contributed by atoms with E-state index in [0.29, 0.717) is 24.7 Å². The number of carbonyl (C=O) groups excluding carboxylic acids is 2. The van der Waals surface area contributed by atoms with Gasteiger partial charge < -0.3 is 24.8 Å². The van der Waals surface area contributed by atoms with Gasteiger partial charge in [0.25, 0.3) is 0 Å². The largest absolute Gasteiger partial charge is 0.493 e. The van der Waals surface area contributed by atoms with Crippen molar-refractivity contribution in [2.45, 2.75) is 6.42 Å². The molecule has 0 saturated heterocycles. The summed E-state index contributed by atoms with van der Waals surface area (Å²) in [6.45, 7) is 0.794. The van der Waals surface area contributed by atoms with Gasteiger partial charge in [-0.05, 0) is 17.7 Å². The van der Waals surface area contributed by atoms with Crippen LogP contribution in [0.1, 0.15) is 5.56 Å². The van der Waals surface area contributed by atoms with Crippen LogP contribution in [0.15, 0.2) is 18.2 Å². The van der Waals surface area contributed by atoms with E-state index >= 15 is 0 Å². The Kier molecular flexibility index (Phi) is 7.77. The average Bonchev–Trinajstić information content (AvgIpc) is 2.53. The quantitative estimate of drug-likeness (QED) is 0.633. The first-order chi connectivity index (χ1) is 10.6. The molecule has 0 aliphatic heterocycles. The molecule has 0 spiro atoms. The highest BCUT2D eigenvalue weighted by atomic mass is 16.5. The van der Waals surface area contributed by atoms with E-state index in [4.69, 9.17) is 14.2 Å². The molecule has 22 heavy (non-hydrogen) atoms. The molecule has 1 rings (SSSR count). The molecule has 0 bridgehead atoms. The Labute approximate surface area is 129 Å². The molecule has 1 aromatic carbocycles. The minimum atomic E-state index is -0.252. The molecule has 2 N–H and O–H groups in total. The molecule has 7 heteroatoms. The zero-order valence-corrected chi connectivity index (χ0v) is 13.1. The Hall–Kier alpha value is -2.28. The zero-order valence-electron chi connectivity index (χ0n) is 13.1. The van der Waals surface area contributed by atoms with E-state index in [1.165, 1.54) is 7.11 Å². The van der Waals surface area contributed by atoms with E-state index in [0.717, 1.165) is 5.56 Å². The molecular formula is C15H22N2O5. The molecule has 0 fully saturated rings. The highest BCUT2D eigenvalue weighted by Gasteiger charge is 2.09. The van der Waals surface area contributed by atoms with Crippen LogP contribution >= 0.6 is 0 Å². The average molecular weight is 310 g/mol. The minimum absolute atomic E-state index is 0.0597. The molecular weight excluding hydrogens is 288 g/mol. The van der Waals surface area contributed by atoms with Gasteiger partial charge in [0.1, 0.15) is 0 Å². The summed E-state index contributed by atoms with van der Waals surface area (Å²) in [7, 11) is 4.63. The lowest BCUT2D eigenvalue weighted by Crippen LogP contribution is -2.38. The monoisotopic (exact) mass is 310 g/mol. The van der Waals surface area contributed by atoms with Crippen molar-refractivity contribution in [1.29, 1.82) is 0 Å². The molecule has 2 amide bonds. The third-order valence-electron chi connectivity index (χ3n) is 2.89. The molecule has 0 radical (unpaired) electrons. The van der Waals surface area contributed by atoms with E-state index in [1.54, 1.807) is 32.4 Å². The third kappa shape index (κ3) is 6.01. The number of rotatable bonds is 9. The Morgan fingerprint density at radius 2 is 1.73 bits per heavy atom. The van der Waals surface area contributed by atoms with Gasteiger partial charge in [-0.2, -0.15) is 0 Å². The molecule has 0 aliphatic rings. The fourth-order valence-electron chi connectivity index (χ4n) is 1.77. The van der Waals surface area contributed by atoms with Crippen LogP contribution in [-0.2, 0) is 20.7 Å². The van der Waals surface area contributed by atoms with Gasteiger partial charge in [-0.1, -0.05) is 6.07 Å². The summed E-state index contributed by atoms with van der Waals surface area (Å²) in [5, 5.41) is 5.18. The summed E-state index contributed by atoms with van der Waals surface area (Å²) in [6.07, 6.45) is 0.158. The van der Waals surface area contributed by atoms with Gasteiger partial charge >= 0.3 is 0 Å². The molecule has 0 atom stereocenters. The predicted octanol–water partition coefficient (Wildman–Crippen LogP) is 0.125. The van der Waals surface area contributed by atoms with E-state index in [9.17, 15) is 9.59 Å². The lowest BCUT2D eigenvalue weighted by molar-refractivity contribution is -0.125. The second kappa shape index (κ2) is 9.62. The highest BCUT2D eigenvalue weighted by molar-refractivity contribution is 5.85. The molecule has 0 saturated carbocycles. The van der Waals surface area contributed by atoms with Crippen LogP contribution in [-0.4, -0.2) is 52.8 Å². The topological polar surface area (TPSA) is 85.9 Å². The van der Waals surface area contributed by atoms with Crippen molar-refractivity contribution in [1.82, 2.24) is 10.6 Å². The second-order valence-corrected chi connectivity index (χ2v) is 4.49. The van der Waals surface area contributed by atoms with E-state index < -0.39 is 0 Å². The van der Waals surface area contributed by atoms with Crippen molar-refractivity contribution in [3.8, 4) is 11.5 Å². The van der Waals surface area contributed by atoms with Gasteiger partial charge in [0.15, 0.2) is 11.5 Å². The SMILES string of the molecule is COCCNC(=O)CNC(=O)Cc1ccc(OC)c(OC)c1. The number of ether oxygens (including phenoxy) is 3. The van der Waals surface area contributed by atoms with E-state index in [2.05, 4.69) is 10.6 Å². The summed E-state index contributed by atoms with van der Waals surface area (Å²) < 4.78 is 15.1. The lowest BCUT2D eigenvalue weighted by Gasteiger charge is -2.10. The van der Waals surface area contributed by atoms with Crippen LogP contribution < -0.4 is 20.1 Å². The Morgan fingerprint density at radius 3 is 2.36 bits per heavy atom. The summed E-state index contributed by atoms with van der Waals surface area (Å²) >= 11 is 0. The number of hydrogen-bond donors (Lipinski definition) is 2. The zero-order chi connectivity index (χ0) is 16.4. The molecule has 0 aromatic heterocycles. The second-order valence-electron chi connectivity index (χ2n) is 4.49. The Balaban J connectivity index is 2.43. The van der Waals surface area contributed by atoms with E-state index in [-0.39, 0.29) is 24.8 Å². The first-order valence-electron chi connectivity index (χ1n) is 6.84. The Bertz CT molecular complexity index is 505. The maximum atomic E-state index is 11.8. The maximum Gasteiger partial charge on any atom is 0.239 e. The van der Waals surface area contributed by atoms with Crippen LogP contribution in [0.3, 0.4) is 0 Å². The fourth-order valence-corrected chi connectivity index (χ4v) is 1.77. The van der Waals surface area contributed by atoms with Gasteiger partial charge in [0.05, 0.1) is 33.8 Å². The predicted molar refractivity (Wildman–Crippen MR) is 81.1 cm³/mol. The molecule has 0 aliphatic carbocycles. The number of benzene rings is 1. The van der Waals surface area contributed by atoms with Crippen LogP contribution in [0.4, 0.5) is 0 Å². The number of amides is 2. The molecule has 0 unspecified atom stereocenters. The standard InChI is InChI=1S/C15H22N2O5/c1-20-7-6-16-15(19)10-17-14(18)9-11-4-5-12(21-2)13(8-11)22-3/h4-5,8H,6-7,9-10H2,1-3H3,(H,16,19)(H,17,18). The molecule has 7 nitrogen and oxygen atoms in total. The van der Waals surface area contributed by atoms with Crippen molar-refractivity contribution < 1.29 is 23.8 Å². The van der Waals surface area contributed by atoms with Crippen molar-refractivity contribution in [3.05, 3.63) is 23.8 Å². The summed E-state index contributed by atoms with van der Waals surface area (Å²) in [6, 6.07) is 5.25. The molecule has 122 valence electrons. The fraction of sp³-hybridized carbons (Fsp3) is 0.467. The lowest BCUT2D eigenvalue weighted by atomic mass is 10.1. The summed E-state index contributed by atoms with van der Waals surface area (Å²) in [4.78, 5) is 23.3. The van der Waals surface area contributed by atoms with Crippen molar-refractivity contribution in [2.75, 3.05) is 41.0 Å². The normalized spacial score (nSPS) is 9.95. The Morgan fingerprint density at radius 1 is 1.00 bits per heavy atom. The van der Waals surface area contributed by atoms with Gasteiger partial charge in [-0.15, -0.1) is 0 Å².